The summed E-state index contributed by atoms with van der Waals surface area (Å²) in [6, 6.07) is 9.00. The van der Waals surface area contributed by atoms with Gasteiger partial charge in [-0.25, -0.2) is 8.42 Å². The molecule has 1 aliphatic rings. The van der Waals surface area contributed by atoms with Crippen LogP contribution in [0.25, 0.3) is 0 Å². The minimum Gasteiger partial charge on any atom is -0.312 e. The molecule has 0 saturated carbocycles. The molecular weight excluding hydrogens is 348 g/mol. The first-order valence-corrected chi connectivity index (χ1v) is 10.2. The number of carbonyl (C=O) groups is 1. The number of amides is 1. The third kappa shape index (κ3) is 3.46. The van der Waals surface area contributed by atoms with Crippen molar-refractivity contribution in [3.63, 3.8) is 0 Å². The van der Waals surface area contributed by atoms with Crippen LogP contribution < -0.4 is 9.62 Å². The van der Waals surface area contributed by atoms with Crippen LogP contribution in [0.3, 0.4) is 0 Å². The number of benzene rings is 2. The maximum Gasteiger partial charge on any atom is 0.262 e. The lowest BCUT2D eigenvalue weighted by Crippen LogP contribution is -2.33. The molecule has 0 radical (unpaired) electrons. The summed E-state index contributed by atoms with van der Waals surface area (Å²) in [5, 5.41) is 0. The van der Waals surface area contributed by atoms with Gasteiger partial charge in [-0.2, -0.15) is 0 Å². The lowest BCUT2D eigenvalue weighted by Gasteiger charge is -2.29. The van der Waals surface area contributed by atoms with Crippen LogP contribution in [0.5, 0.6) is 0 Å². The largest absolute Gasteiger partial charge is 0.312 e. The minimum atomic E-state index is -3.70. The third-order valence-electron chi connectivity index (χ3n) is 4.92. The molecule has 0 unspecified atom stereocenters. The number of rotatable bonds is 3. The molecule has 2 aromatic carbocycles. The number of hydrogen-bond acceptors (Lipinski definition) is 3. The highest BCUT2D eigenvalue weighted by atomic mass is 32.2. The summed E-state index contributed by atoms with van der Waals surface area (Å²) in [6.07, 6.45) is 1.81. The molecular formula is C20H24N2O3S. The second-order valence-electron chi connectivity index (χ2n) is 6.93. The zero-order valence-corrected chi connectivity index (χ0v) is 16.4. The third-order valence-corrected chi connectivity index (χ3v) is 6.44. The molecule has 0 saturated heterocycles. The first kappa shape index (κ1) is 18.5. The van der Waals surface area contributed by atoms with E-state index >= 15 is 0 Å². The maximum absolute atomic E-state index is 12.9. The van der Waals surface area contributed by atoms with Crippen LogP contribution >= 0.6 is 0 Å². The van der Waals surface area contributed by atoms with Crippen LogP contribution in [0.1, 0.15) is 35.6 Å². The lowest BCUT2D eigenvalue weighted by molar-refractivity contribution is -0.116. The van der Waals surface area contributed by atoms with Gasteiger partial charge in [0.1, 0.15) is 0 Å². The first-order valence-electron chi connectivity index (χ1n) is 8.71. The summed E-state index contributed by atoms with van der Waals surface area (Å²) in [4.78, 5) is 13.9. The molecule has 1 aliphatic heterocycles. The van der Waals surface area contributed by atoms with Gasteiger partial charge in [0.25, 0.3) is 10.0 Å². The summed E-state index contributed by atoms with van der Waals surface area (Å²) in [6.45, 7) is 7.86. The average molecular weight is 372 g/mol. The number of nitrogens with zero attached hydrogens (tertiary/aromatic N) is 1. The Hall–Kier alpha value is -2.34. The van der Waals surface area contributed by atoms with Gasteiger partial charge in [-0.1, -0.05) is 12.1 Å². The predicted molar refractivity (Wildman–Crippen MR) is 104 cm³/mol. The highest BCUT2D eigenvalue weighted by Gasteiger charge is 2.22. The van der Waals surface area contributed by atoms with E-state index in [0.717, 1.165) is 35.2 Å². The maximum atomic E-state index is 12.9. The number of anilines is 2. The van der Waals surface area contributed by atoms with Gasteiger partial charge in [-0.15, -0.1) is 0 Å². The zero-order valence-electron chi connectivity index (χ0n) is 15.6. The van der Waals surface area contributed by atoms with E-state index in [4.69, 9.17) is 0 Å². The van der Waals surface area contributed by atoms with E-state index in [1.807, 2.05) is 26.0 Å². The Bertz CT molecular complexity index is 981. The Kier molecular flexibility index (Phi) is 4.80. The minimum absolute atomic E-state index is 0.0315. The quantitative estimate of drug-likeness (QED) is 0.893. The molecule has 5 nitrogen and oxygen atoms in total. The number of aryl methyl sites for hydroxylation is 4. The Morgan fingerprint density at radius 1 is 1.04 bits per heavy atom. The number of nitrogens with one attached hydrogen (secondary N) is 1. The van der Waals surface area contributed by atoms with E-state index in [1.165, 1.54) is 6.92 Å². The summed E-state index contributed by atoms with van der Waals surface area (Å²) in [5.74, 6) is -0.0315. The summed E-state index contributed by atoms with van der Waals surface area (Å²) in [5.41, 5.74) is 5.03. The Morgan fingerprint density at radius 3 is 2.42 bits per heavy atom. The van der Waals surface area contributed by atoms with Crippen molar-refractivity contribution in [2.24, 2.45) is 0 Å². The standard InChI is InChI=1S/C20H24N2O3S/c1-13-10-15(3)20(11-14(13)2)26(24,25)21-18-8-7-17-6-5-9-22(16(4)23)19(17)12-18/h7-8,10-12,21H,5-6,9H2,1-4H3. The number of hydrogen-bond donors (Lipinski definition) is 1. The smallest absolute Gasteiger partial charge is 0.262 e. The molecule has 1 N–H and O–H groups in total. The van der Waals surface area contributed by atoms with Crippen molar-refractivity contribution in [1.82, 2.24) is 0 Å². The second-order valence-corrected chi connectivity index (χ2v) is 8.58. The van der Waals surface area contributed by atoms with E-state index in [0.29, 0.717) is 17.8 Å². The molecule has 0 fully saturated rings. The molecule has 1 heterocycles. The highest BCUT2D eigenvalue weighted by molar-refractivity contribution is 7.92. The molecule has 1 amide bonds. The van der Waals surface area contributed by atoms with Crippen molar-refractivity contribution in [1.29, 1.82) is 0 Å². The molecule has 0 spiro atoms. The van der Waals surface area contributed by atoms with Crippen molar-refractivity contribution in [2.75, 3.05) is 16.2 Å². The van der Waals surface area contributed by atoms with Crippen LogP contribution in [0.4, 0.5) is 11.4 Å². The Labute approximate surface area is 155 Å². The molecule has 6 heteroatoms. The van der Waals surface area contributed by atoms with E-state index in [2.05, 4.69) is 4.72 Å². The summed E-state index contributed by atoms with van der Waals surface area (Å²) in [7, 11) is -3.70. The van der Waals surface area contributed by atoms with Crippen LogP contribution in [0, 0.1) is 20.8 Å². The van der Waals surface area contributed by atoms with Gasteiger partial charge in [0.15, 0.2) is 0 Å². The van der Waals surface area contributed by atoms with Gasteiger partial charge in [-0.05, 0) is 74.1 Å². The normalized spacial score (nSPS) is 14.1. The van der Waals surface area contributed by atoms with Gasteiger partial charge in [0, 0.05) is 19.2 Å². The van der Waals surface area contributed by atoms with Gasteiger partial charge < -0.3 is 4.90 Å². The second kappa shape index (κ2) is 6.76. The van der Waals surface area contributed by atoms with Crippen molar-refractivity contribution in [3.8, 4) is 0 Å². The summed E-state index contributed by atoms with van der Waals surface area (Å²) < 4.78 is 28.4. The molecule has 0 atom stereocenters. The van der Waals surface area contributed by atoms with Crippen LogP contribution in [0.15, 0.2) is 35.2 Å². The fourth-order valence-corrected chi connectivity index (χ4v) is 4.76. The van der Waals surface area contributed by atoms with Gasteiger partial charge >= 0.3 is 0 Å². The Morgan fingerprint density at radius 2 is 1.73 bits per heavy atom. The fraction of sp³-hybridized carbons (Fsp3) is 0.350. The monoisotopic (exact) mass is 372 g/mol. The van der Waals surface area contributed by atoms with Crippen molar-refractivity contribution in [3.05, 3.63) is 52.6 Å². The summed E-state index contributed by atoms with van der Waals surface area (Å²) >= 11 is 0. The molecule has 3 rings (SSSR count). The molecule has 26 heavy (non-hydrogen) atoms. The van der Waals surface area contributed by atoms with E-state index in [1.54, 1.807) is 30.0 Å². The predicted octanol–water partition coefficient (Wildman–Crippen LogP) is 3.71. The van der Waals surface area contributed by atoms with Crippen molar-refractivity contribution in [2.45, 2.75) is 45.4 Å². The number of sulfonamides is 1. The van der Waals surface area contributed by atoms with Gasteiger partial charge in [0.05, 0.1) is 10.6 Å². The van der Waals surface area contributed by atoms with E-state index in [-0.39, 0.29) is 10.8 Å². The molecule has 138 valence electrons. The molecule has 0 aromatic heterocycles. The van der Waals surface area contributed by atoms with Crippen LogP contribution in [-0.2, 0) is 21.2 Å². The first-order chi connectivity index (χ1) is 12.2. The molecule has 0 bridgehead atoms. The Balaban J connectivity index is 1.98. The molecule has 0 aliphatic carbocycles. The van der Waals surface area contributed by atoms with Gasteiger partial charge in [0.2, 0.25) is 5.91 Å². The number of fused-ring (bicyclic) bond motifs is 1. The SMILES string of the molecule is CC(=O)N1CCCc2ccc(NS(=O)(=O)c3cc(C)c(C)cc3C)cc21. The van der Waals surface area contributed by atoms with Crippen molar-refractivity contribution < 1.29 is 13.2 Å². The van der Waals surface area contributed by atoms with Crippen molar-refractivity contribution >= 4 is 27.3 Å². The van der Waals surface area contributed by atoms with Gasteiger partial charge in [-0.3, -0.25) is 9.52 Å². The number of carbonyl (C=O) groups excluding carboxylic acids is 1. The van der Waals surface area contributed by atoms with E-state index < -0.39 is 10.0 Å². The zero-order chi connectivity index (χ0) is 19.1. The molecule has 2 aromatic rings. The average Bonchev–Trinajstić information content (AvgIpc) is 2.56. The topological polar surface area (TPSA) is 66.5 Å². The lowest BCUT2D eigenvalue weighted by atomic mass is 10.0. The highest BCUT2D eigenvalue weighted by Crippen LogP contribution is 2.31. The fourth-order valence-electron chi connectivity index (χ4n) is 3.40. The van der Waals surface area contributed by atoms with Crippen LogP contribution in [-0.4, -0.2) is 20.9 Å². The van der Waals surface area contributed by atoms with E-state index in [9.17, 15) is 13.2 Å². The van der Waals surface area contributed by atoms with Crippen LogP contribution in [0.2, 0.25) is 0 Å².